The third-order valence-corrected chi connectivity index (χ3v) is 6.38. The first-order chi connectivity index (χ1) is 16.7. The van der Waals surface area contributed by atoms with Gasteiger partial charge in [-0.25, -0.2) is 0 Å². The lowest BCUT2D eigenvalue weighted by Crippen LogP contribution is -2.24. The van der Waals surface area contributed by atoms with E-state index >= 15 is 0 Å². The molecule has 34 heavy (non-hydrogen) atoms. The van der Waals surface area contributed by atoms with Crippen molar-refractivity contribution in [2.24, 2.45) is 5.10 Å². The summed E-state index contributed by atoms with van der Waals surface area (Å²) in [5, 5.41) is 5.19. The first-order valence-electron chi connectivity index (χ1n) is 11.9. The van der Waals surface area contributed by atoms with Crippen molar-refractivity contribution in [3.63, 3.8) is 0 Å². The summed E-state index contributed by atoms with van der Waals surface area (Å²) >= 11 is 5.98. The van der Waals surface area contributed by atoms with Crippen LogP contribution in [0.15, 0.2) is 59.7 Å². The highest BCUT2D eigenvalue weighted by molar-refractivity contribution is 6.30. The topological polar surface area (TPSA) is 65.9 Å². The fraction of sp³-hybridized carbons (Fsp3) is 0.346. The number of nitrogens with zero attached hydrogens (tertiary/aromatic N) is 5. The molecule has 8 heteroatoms. The Morgan fingerprint density at radius 3 is 2.38 bits per heavy atom. The predicted molar refractivity (Wildman–Crippen MR) is 138 cm³/mol. The third-order valence-electron chi connectivity index (χ3n) is 6.13. The molecule has 1 N–H and O–H groups in total. The molecule has 3 aromatic rings. The molecule has 1 aromatic heterocycles. The molecule has 2 aliphatic heterocycles. The molecular formula is C26H29ClN6O. The quantitative estimate of drug-likeness (QED) is 0.349. The van der Waals surface area contributed by atoms with E-state index in [1.807, 2.05) is 54.6 Å². The number of anilines is 3. The van der Waals surface area contributed by atoms with Crippen molar-refractivity contribution in [3.8, 4) is 5.75 Å². The van der Waals surface area contributed by atoms with Crippen LogP contribution in [-0.4, -0.2) is 42.4 Å². The van der Waals surface area contributed by atoms with Crippen molar-refractivity contribution in [2.75, 3.05) is 41.4 Å². The summed E-state index contributed by atoms with van der Waals surface area (Å²) in [5.74, 6) is 3.22. The molecule has 0 saturated carbocycles. The van der Waals surface area contributed by atoms with Crippen LogP contribution < -0.4 is 20.0 Å². The van der Waals surface area contributed by atoms with Crippen LogP contribution in [0.3, 0.4) is 0 Å². The lowest BCUT2D eigenvalue weighted by Gasteiger charge is -2.21. The van der Waals surface area contributed by atoms with Crippen molar-refractivity contribution >= 4 is 35.4 Å². The lowest BCUT2D eigenvalue weighted by molar-refractivity contribution is 0.306. The first kappa shape index (κ1) is 22.5. The molecule has 0 unspecified atom stereocenters. The highest BCUT2D eigenvalue weighted by atomic mass is 35.5. The van der Waals surface area contributed by atoms with Crippen LogP contribution in [0.2, 0.25) is 5.02 Å². The van der Waals surface area contributed by atoms with Crippen LogP contribution in [0.5, 0.6) is 5.75 Å². The van der Waals surface area contributed by atoms with Crippen LogP contribution in [-0.2, 0) is 6.61 Å². The number of benzene rings is 2. The standard InChI is InChI=1S/C26H29ClN6O/c27-22-11-9-20(10-12-22)19-34-23-8-2-1-7-21(23)18-28-31-24-17-25(32-13-3-4-14-32)30-26(29-24)33-15-5-6-16-33/h1-2,7-12,17-18H,3-6,13-16,19H2,(H,29,30,31)/b28-18-. The van der Waals surface area contributed by atoms with Gasteiger partial charge in [-0.2, -0.15) is 15.1 Å². The van der Waals surface area contributed by atoms with Crippen molar-refractivity contribution in [3.05, 3.63) is 70.7 Å². The minimum absolute atomic E-state index is 0.458. The summed E-state index contributed by atoms with van der Waals surface area (Å²) in [6.07, 6.45) is 6.55. The number of rotatable bonds is 8. The Kier molecular flexibility index (Phi) is 7.10. The molecule has 2 saturated heterocycles. The van der Waals surface area contributed by atoms with Gasteiger partial charge in [0.25, 0.3) is 0 Å². The number of ether oxygens (including phenoxy) is 1. The lowest BCUT2D eigenvalue weighted by atomic mass is 10.2. The van der Waals surface area contributed by atoms with Gasteiger partial charge in [0.2, 0.25) is 5.95 Å². The van der Waals surface area contributed by atoms with Gasteiger partial charge in [-0.15, -0.1) is 0 Å². The SMILES string of the molecule is Clc1ccc(COc2ccccc2/C=N\Nc2cc(N3CCCC3)nc(N3CCCC3)n2)cc1. The minimum atomic E-state index is 0.458. The number of hydrogen-bond donors (Lipinski definition) is 1. The maximum absolute atomic E-state index is 6.04. The molecule has 0 amide bonds. The van der Waals surface area contributed by atoms with Gasteiger partial charge in [0.05, 0.1) is 6.21 Å². The van der Waals surface area contributed by atoms with Crippen LogP contribution in [0.1, 0.15) is 36.8 Å². The zero-order chi connectivity index (χ0) is 23.2. The van der Waals surface area contributed by atoms with Crippen LogP contribution in [0.4, 0.5) is 17.6 Å². The Morgan fingerprint density at radius 1 is 0.912 bits per heavy atom. The summed E-state index contributed by atoms with van der Waals surface area (Å²) in [6.45, 7) is 4.55. The number of para-hydroxylation sites is 1. The summed E-state index contributed by atoms with van der Waals surface area (Å²) in [5.41, 5.74) is 5.06. The van der Waals surface area contributed by atoms with Crippen LogP contribution in [0, 0.1) is 0 Å². The second kappa shape index (κ2) is 10.7. The molecule has 5 rings (SSSR count). The number of aromatic nitrogens is 2. The van der Waals surface area contributed by atoms with Gasteiger partial charge in [-0.1, -0.05) is 35.9 Å². The van der Waals surface area contributed by atoms with Crippen molar-refractivity contribution in [1.82, 2.24) is 9.97 Å². The zero-order valence-corrected chi connectivity index (χ0v) is 19.9. The normalized spacial score (nSPS) is 15.9. The fourth-order valence-electron chi connectivity index (χ4n) is 4.27. The second-order valence-corrected chi connectivity index (χ2v) is 9.06. The number of hydrogen-bond acceptors (Lipinski definition) is 7. The van der Waals surface area contributed by atoms with Gasteiger partial charge < -0.3 is 14.5 Å². The smallest absolute Gasteiger partial charge is 0.229 e. The predicted octanol–water partition coefficient (Wildman–Crippen LogP) is 5.36. The summed E-state index contributed by atoms with van der Waals surface area (Å²) in [4.78, 5) is 14.2. The highest BCUT2D eigenvalue weighted by Crippen LogP contribution is 2.26. The molecule has 0 atom stereocenters. The summed E-state index contributed by atoms with van der Waals surface area (Å²) in [6, 6.07) is 17.5. The first-order valence-corrected chi connectivity index (χ1v) is 12.3. The Hall–Kier alpha value is -3.32. The molecule has 0 spiro atoms. The molecule has 176 valence electrons. The number of nitrogens with one attached hydrogen (secondary N) is 1. The fourth-order valence-corrected chi connectivity index (χ4v) is 4.40. The molecule has 0 aliphatic carbocycles. The van der Waals surface area contributed by atoms with Gasteiger partial charge in [0, 0.05) is 42.8 Å². The van der Waals surface area contributed by atoms with E-state index < -0.39 is 0 Å². The van der Waals surface area contributed by atoms with Crippen molar-refractivity contribution in [1.29, 1.82) is 0 Å². The van der Waals surface area contributed by atoms with Crippen molar-refractivity contribution < 1.29 is 4.74 Å². The maximum atomic E-state index is 6.04. The average molecular weight is 477 g/mol. The highest BCUT2D eigenvalue weighted by Gasteiger charge is 2.20. The van der Waals surface area contributed by atoms with Crippen molar-refractivity contribution in [2.45, 2.75) is 32.3 Å². The van der Waals surface area contributed by atoms with E-state index in [0.717, 1.165) is 54.8 Å². The number of halogens is 1. The maximum Gasteiger partial charge on any atom is 0.229 e. The Morgan fingerprint density at radius 2 is 1.62 bits per heavy atom. The number of hydrazone groups is 1. The Bertz CT molecular complexity index is 1090. The Balaban J connectivity index is 1.30. The molecule has 3 heterocycles. The van der Waals surface area contributed by atoms with Gasteiger partial charge in [-0.3, -0.25) is 5.43 Å². The summed E-state index contributed by atoms with van der Waals surface area (Å²) < 4.78 is 6.04. The van der Waals surface area contributed by atoms with E-state index in [0.29, 0.717) is 17.4 Å². The van der Waals surface area contributed by atoms with E-state index in [1.54, 1.807) is 6.21 Å². The molecule has 0 radical (unpaired) electrons. The van der Waals surface area contributed by atoms with E-state index in [9.17, 15) is 0 Å². The van der Waals surface area contributed by atoms with E-state index in [2.05, 4.69) is 20.3 Å². The summed E-state index contributed by atoms with van der Waals surface area (Å²) in [7, 11) is 0. The van der Waals surface area contributed by atoms with E-state index in [-0.39, 0.29) is 0 Å². The third kappa shape index (κ3) is 5.59. The van der Waals surface area contributed by atoms with Gasteiger partial charge >= 0.3 is 0 Å². The van der Waals surface area contributed by atoms with Gasteiger partial charge in [-0.05, 0) is 55.5 Å². The largest absolute Gasteiger partial charge is 0.488 e. The molecule has 2 fully saturated rings. The van der Waals surface area contributed by atoms with Gasteiger partial charge in [0.15, 0.2) is 5.82 Å². The molecule has 2 aromatic carbocycles. The van der Waals surface area contributed by atoms with Crippen LogP contribution in [0.25, 0.3) is 0 Å². The monoisotopic (exact) mass is 476 g/mol. The molecule has 7 nitrogen and oxygen atoms in total. The molecular weight excluding hydrogens is 448 g/mol. The average Bonchev–Trinajstić information content (AvgIpc) is 3.59. The van der Waals surface area contributed by atoms with Crippen LogP contribution >= 0.6 is 11.6 Å². The Labute approximate surface area is 205 Å². The van der Waals surface area contributed by atoms with E-state index in [1.165, 1.54) is 25.7 Å². The molecule has 0 bridgehead atoms. The van der Waals surface area contributed by atoms with Gasteiger partial charge in [0.1, 0.15) is 18.2 Å². The second-order valence-electron chi connectivity index (χ2n) is 8.62. The zero-order valence-electron chi connectivity index (χ0n) is 19.2. The minimum Gasteiger partial charge on any atom is -0.488 e. The molecule has 2 aliphatic rings. The van der Waals surface area contributed by atoms with E-state index in [4.69, 9.17) is 26.3 Å².